The standard InChI is InChI=1S/C19H30F2N4O4/c1-19(2,3)29-18(26)25-11-10-24-17(22-4)23-9-8-13-6-7-14(27-5)15(12-13)28-16(20)21/h6-7,12,16H,8-11H2,1-5H3,(H,25,26)(H2,22,23,24). The molecule has 1 rings (SSSR count). The van der Waals surface area contributed by atoms with E-state index in [-0.39, 0.29) is 11.5 Å². The number of alkyl carbamates (subject to hydrolysis) is 1. The van der Waals surface area contributed by atoms with E-state index in [0.717, 1.165) is 5.56 Å². The smallest absolute Gasteiger partial charge is 0.407 e. The highest BCUT2D eigenvalue weighted by Gasteiger charge is 2.15. The molecular formula is C19H30F2N4O4. The van der Waals surface area contributed by atoms with Crippen LogP contribution in [0.4, 0.5) is 13.6 Å². The third kappa shape index (κ3) is 10.4. The van der Waals surface area contributed by atoms with E-state index in [1.165, 1.54) is 13.2 Å². The first-order chi connectivity index (χ1) is 13.6. The van der Waals surface area contributed by atoms with Gasteiger partial charge in [0.25, 0.3) is 0 Å². The molecule has 0 saturated carbocycles. The number of hydrogen-bond acceptors (Lipinski definition) is 5. The van der Waals surface area contributed by atoms with Crippen LogP contribution in [0.5, 0.6) is 11.5 Å². The predicted molar refractivity (Wildman–Crippen MR) is 107 cm³/mol. The first-order valence-corrected chi connectivity index (χ1v) is 9.17. The van der Waals surface area contributed by atoms with Crippen molar-refractivity contribution in [3.05, 3.63) is 23.8 Å². The Balaban J connectivity index is 2.39. The lowest BCUT2D eigenvalue weighted by Gasteiger charge is -2.20. The second-order valence-electron chi connectivity index (χ2n) is 6.97. The number of alkyl halides is 2. The van der Waals surface area contributed by atoms with Gasteiger partial charge in [0.2, 0.25) is 0 Å². The van der Waals surface area contributed by atoms with E-state index in [2.05, 4.69) is 25.7 Å². The van der Waals surface area contributed by atoms with Gasteiger partial charge in [-0.15, -0.1) is 0 Å². The maximum Gasteiger partial charge on any atom is 0.407 e. The van der Waals surface area contributed by atoms with E-state index in [1.54, 1.807) is 40.0 Å². The number of benzene rings is 1. The zero-order valence-electron chi connectivity index (χ0n) is 17.5. The van der Waals surface area contributed by atoms with Gasteiger partial charge in [0.05, 0.1) is 7.11 Å². The van der Waals surface area contributed by atoms with Gasteiger partial charge >= 0.3 is 12.7 Å². The van der Waals surface area contributed by atoms with Gasteiger partial charge in [-0.25, -0.2) is 4.79 Å². The van der Waals surface area contributed by atoms with Gasteiger partial charge in [-0.3, -0.25) is 4.99 Å². The van der Waals surface area contributed by atoms with Crippen LogP contribution in [0.1, 0.15) is 26.3 Å². The van der Waals surface area contributed by atoms with Crippen LogP contribution in [0.2, 0.25) is 0 Å². The van der Waals surface area contributed by atoms with Crippen molar-refractivity contribution in [3.63, 3.8) is 0 Å². The quantitative estimate of drug-likeness (QED) is 0.325. The second kappa shape index (κ2) is 11.9. The van der Waals surface area contributed by atoms with Gasteiger partial charge in [0.15, 0.2) is 17.5 Å². The summed E-state index contributed by atoms with van der Waals surface area (Å²) in [5, 5.41) is 8.80. The SMILES string of the molecule is CN=C(NCCNC(=O)OC(C)(C)C)NCCc1ccc(OC)c(OC(F)F)c1. The zero-order chi connectivity index (χ0) is 21.9. The van der Waals surface area contributed by atoms with Crippen LogP contribution in [0, 0.1) is 0 Å². The van der Waals surface area contributed by atoms with Crippen molar-refractivity contribution in [3.8, 4) is 11.5 Å². The number of carbonyl (C=O) groups excluding carboxylic acids is 1. The maximum atomic E-state index is 12.5. The molecule has 0 spiro atoms. The van der Waals surface area contributed by atoms with Gasteiger partial charge in [-0.1, -0.05) is 6.07 Å². The van der Waals surface area contributed by atoms with Gasteiger partial charge in [0, 0.05) is 26.7 Å². The molecule has 1 aromatic carbocycles. The monoisotopic (exact) mass is 416 g/mol. The Morgan fingerprint density at radius 2 is 1.76 bits per heavy atom. The van der Waals surface area contributed by atoms with E-state index in [1.807, 2.05) is 0 Å². The topological polar surface area (TPSA) is 93.2 Å². The highest BCUT2D eigenvalue weighted by atomic mass is 19.3. The summed E-state index contributed by atoms with van der Waals surface area (Å²) in [4.78, 5) is 15.7. The molecule has 0 heterocycles. The average molecular weight is 416 g/mol. The fourth-order valence-electron chi connectivity index (χ4n) is 2.27. The summed E-state index contributed by atoms with van der Waals surface area (Å²) < 4.78 is 39.6. The van der Waals surface area contributed by atoms with E-state index >= 15 is 0 Å². The molecule has 8 nitrogen and oxygen atoms in total. The number of carbonyl (C=O) groups is 1. The highest BCUT2D eigenvalue weighted by molar-refractivity contribution is 5.79. The molecule has 0 aliphatic rings. The molecule has 3 N–H and O–H groups in total. The van der Waals surface area contributed by atoms with Gasteiger partial charge < -0.3 is 30.2 Å². The molecule has 0 aromatic heterocycles. The van der Waals surface area contributed by atoms with Gasteiger partial charge in [0.1, 0.15) is 5.60 Å². The minimum atomic E-state index is -2.92. The molecule has 0 aliphatic heterocycles. The number of nitrogens with zero attached hydrogens (tertiary/aromatic N) is 1. The molecule has 0 radical (unpaired) electrons. The number of nitrogens with one attached hydrogen (secondary N) is 3. The van der Waals surface area contributed by atoms with Crippen LogP contribution >= 0.6 is 0 Å². The maximum absolute atomic E-state index is 12.5. The summed E-state index contributed by atoms with van der Waals surface area (Å²) in [6.07, 6.45) is 0.0732. The molecule has 10 heteroatoms. The van der Waals surface area contributed by atoms with Crippen LogP contribution in [-0.4, -0.2) is 58.1 Å². The van der Waals surface area contributed by atoms with E-state index < -0.39 is 18.3 Å². The molecule has 0 unspecified atom stereocenters. The van der Waals surface area contributed by atoms with Crippen molar-refractivity contribution in [1.82, 2.24) is 16.0 Å². The minimum Gasteiger partial charge on any atom is -0.493 e. The third-order valence-electron chi connectivity index (χ3n) is 3.46. The number of amides is 1. The Morgan fingerprint density at radius 1 is 1.10 bits per heavy atom. The van der Waals surface area contributed by atoms with Crippen LogP contribution in [0.25, 0.3) is 0 Å². The molecule has 164 valence electrons. The molecule has 0 bridgehead atoms. The Bertz CT molecular complexity index is 679. The Hall–Kier alpha value is -2.78. The van der Waals surface area contributed by atoms with E-state index in [0.29, 0.717) is 32.0 Å². The fraction of sp³-hybridized carbons (Fsp3) is 0.579. The number of guanidine groups is 1. The lowest BCUT2D eigenvalue weighted by Crippen LogP contribution is -2.43. The van der Waals surface area contributed by atoms with Crippen molar-refractivity contribution in [1.29, 1.82) is 0 Å². The van der Waals surface area contributed by atoms with E-state index in [9.17, 15) is 13.6 Å². The first kappa shape index (κ1) is 24.3. The first-order valence-electron chi connectivity index (χ1n) is 9.17. The number of ether oxygens (including phenoxy) is 3. The second-order valence-corrected chi connectivity index (χ2v) is 6.97. The van der Waals surface area contributed by atoms with Gasteiger partial charge in [-0.2, -0.15) is 8.78 Å². The number of aliphatic imine (C=N–C) groups is 1. The molecular weight excluding hydrogens is 386 g/mol. The lowest BCUT2D eigenvalue weighted by atomic mass is 10.1. The van der Waals surface area contributed by atoms with Crippen LogP contribution in [0.15, 0.2) is 23.2 Å². The molecule has 1 amide bonds. The molecule has 29 heavy (non-hydrogen) atoms. The Labute approximate surface area is 170 Å². The molecule has 0 atom stereocenters. The number of methoxy groups -OCH3 is 1. The van der Waals surface area contributed by atoms with E-state index in [4.69, 9.17) is 9.47 Å². The van der Waals surface area contributed by atoms with Crippen LogP contribution in [-0.2, 0) is 11.2 Å². The highest BCUT2D eigenvalue weighted by Crippen LogP contribution is 2.29. The molecule has 0 fully saturated rings. The summed E-state index contributed by atoms with van der Waals surface area (Å²) in [6, 6.07) is 4.88. The minimum absolute atomic E-state index is 0.00396. The van der Waals surface area contributed by atoms with Crippen LogP contribution < -0.4 is 25.4 Å². The predicted octanol–water partition coefficient (Wildman–Crippen LogP) is 2.53. The van der Waals surface area contributed by atoms with Crippen molar-refractivity contribution >= 4 is 12.1 Å². The zero-order valence-corrected chi connectivity index (χ0v) is 17.5. The summed E-state index contributed by atoms with van der Waals surface area (Å²) >= 11 is 0. The van der Waals surface area contributed by atoms with Crippen molar-refractivity contribution in [2.24, 2.45) is 4.99 Å². The molecule has 0 aliphatic carbocycles. The lowest BCUT2D eigenvalue weighted by molar-refractivity contribution is -0.0512. The van der Waals surface area contributed by atoms with Crippen molar-refractivity contribution < 1.29 is 27.8 Å². The normalized spacial score (nSPS) is 11.8. The molecule has 1 aromatic rings. The van der Waals surface area contributed by atoms with Crippen molar-refractivity contribution in [2.75, 3.05) is 33.8 Å². The number of halogens is 2. The Morgan fingerprint density at radius 3 is 2.34 bits per heavy atom. The number of hydrogen-bond donors (Lipinski definition) is 3. The largest absolute Gasteiger partial charge is 0.493 e. The Kier molecular flexibility index (Phi) is 9.98. The number of rotatable bonds is 9. The van der Waals surface area contributed by atoms with Gasteiger partial charge in [-0.05, 0) is 44.9 Å². The fourth-order valence-corrected chi connectivity index (χ4v) is 2.27. The third-order valence-corrected chi connectivity index (χ3v) is 3.46. The summed E-state index contributed by atoms with van der Waals surface area (Å²) in [5.41, 5.74) is 0.257. The summed E-state index contributed by atoms with van der Waals surface area (Å²) in [5.74, 6) is 0.793. The summed E-state index contributed by atoms with van der Waals surface area (Å²) in [6.45, 7) is 3.79. The van der Waals surface area contributed by atoms with Crippen molar-refractivity contribution in [2.45, 2.75) is 39.4 Å². The average Bonchev–Trinajstić information content (AvgIpc) is 2.62. The van der Waals surface area contributed by atoms with Crippen LogP contribution in [0.3, 0.4) is 0 Å². The molecule has 0 saturated heterocycles. The summed E-state index contributed by atoms with van der Waals surface area (Å²) in [7, 11) is 3.01.